The number of carbonyl (C=O) groups is 1. The highest BCUT2D eigenvalue weighted by Gasteiger charge is 2.07. The normalized spacial score (nSPS) is 9.13. The van der Waals surface area contributed by atoms with E-state index in [9.17, 15) is 0 Å². The molecule has 0 aliphatic heterocycles. The maximum atomic E-state index is 8.44. The molecule has 0 spiro atoms. The fraction of sp³-hybridized carbons (Fsp3) is 0.300. The Morgan fingerprint density at radius 2 is 1.80 bits per heavy atom. The average molecular weight is 232 g/mol. The van der Waals surface area contributed by atoms with Crippen LogP contribution in [0.4, 0.5) is 10.5 Å². The summed E-state index contributed by atoms with van der Waals surface area (Å²) in [6.07, 6.45) is -2.08. The van der Waals surface area contributed by atoms with E-state index in [1.807, 2.05) is 13.8 Å². The molecule has 0 saturated heterocycles. The molecule has 0 aliphatic rings. The van der Waals surface area contributed by atoms with E-state index in [2.05, 4.69) is 18.7 Å². The van der Waals surface area contributed by atoms with Crippen LogP contribution in [0.2, 0.25) is 5.02 Å². The van der Waals surface area contributed by atoms with Crippen LogP contribution in [-0.4, -0.2) is 11.3 Å². The second-order valence-corrected chi connectivity index (χ2v) is 3.56. The molecule has 0 radical (unpaired) electrons. The molecule has 0 saturated carbocycles. The van der Waals surface area contributed by atoms with Crippen LogP contribution in [0.1, 0.15) is 16.7 Å². The molecule has 4 N–H and O–H groups in total. The van der Waals surface area contributed by atoms with Crippen molar-refractivity contribution in [1.82, 2.24) is 0 Å². The molecule has 4 nitrogen and oxygen atoms in total. The topological polar surface area (TPSA) is 88.0 Å². The van der Waals surface area contributed by atoms with E-state index in [1.54, 1.807) is 0 Å². The molecule has 0 aromatic heterocycles. The van der Waals surface area contributed by atoms with Crippen LogP contribution in [0, 0.1) is 20.8 Å². The van der Waals surface area contributed by atoms with Gasteiger partial charge in [-0.25, -0.2) is 0 Å². The van der Waals surface area contributed by atoms with E-state index < -0.39 is 6.16 Å². The van der Waals surface area contributed by atoms with Crippen LogP contribution >= 0.6 is 11.6 Å². The predicted molar refractivity (Wildman–Crippen MR) is 56.2 cm³/mol. The van der Waals surface area contributed by atoms with Crippen molar-refractivity contribution in [2.45, 2.75) is 20.8 Å². The van der Waals surface area contributed by atoms with Gasteiger partial charge in [-0.15, -0.1) is 0 Å². The number of quaternary nitrogens is 1. The van der Waals surface area contributed by atoms with Crippen LogP contribution in [0.15, 0.2) is 6.07 Å². The van der Waals surface area contributed by atoms with Gasteiger partial charge in [0.1, 0.15) is 5.69 Å². The number of rotatable bonds is 0. The molecule has 84 valence electrons. The first-order chi connectivity index (χ1) is 6.77. The summed E-state index contributed by atoms with van der Waals surface area (Å²) >= 11 is 6.05. The second kappa shape index (κ2) is 5.58. The quantitative estimate of drug-likeness (QED) is 0.699. The lowest BCUT2D eigenvalue weighted by Crippen LogP contribution is -2.41. The Kier molecular flexibility index (Phi) is 5.11. The minimum Gasteiger partial charge on any atom is -0.565 e. The van der Waals surface area contributed by atoms with Gasteiger partial charge in [-0.05, 0) is 31.9 Å². The van der Waals surface area contributed by atoms with E-state index in [-0.39, 0.29) is 0 Å². The molecule has 15 heavy (non-hydrogen) atoms. The maximum Gasteiger partial charge on any atom is 0.249 e. The molecule has 0 bridgehead atoms. The van der Waals surface area contributed by atoms with E-state index in [1.165, 1.54) is 5.56 Å². The highest BCUT2D eigenvalue weighted by atomic mass is 35.5. The third-order valence-corrected chi connectivity index (χ3v) is 2.69. The van der Waals surface area contributed by atoms with Crippen molar-refractivity contribution in [3.63, 3.8) is 0 Å². The number of carboxylic acid groups (broad SMARTS) is 2. The van der Waals surface area contributed by atoms with Gasteiger partial charge < -0.3 is 20.7 Å². The largest absolute Gasteiger partial charge is 0.565 e. The SMILES string of the molecule is Cc1cc([NH3+])c(C)c(Cl)c1C.O=C([O-])O. The Labute approximate surface area is 93.3 Å². The fourth-order valence-electron chi connectivity index (χ4n) is 1.07. The summed E-state index contributed by atoms with van der Waals surface area (Å²) in [5.74, 6) is 0. The zero-order valence-corrected chi connectivity index (χ0v) is 9.68. The van der Waals surface area contributed by atoms with Gasteiger partial charge in [-0.3, -0.25) is 0 Å². The number of halogens is 1. The van der Waals surface area contributed by atoms with Crippen molar-refractivity contribution in [2.75, 3.05) is 0 Å². The monoisotopic (exact) mass is 231 g/mol. The van der Waals surface area contributed by atoms with Gasteiger partial charge in [0.05, 0.1) is 5.02 Å². The molecule has 5 heteroatoms. The lowest BCUT2D eigenvalue weighted by molar-refractivity contribution is -0.275. The highest BCUT2D eigenvalue weighted by molar-refractivity contribution is 6.32. The van der Waals surface area contributed by atoms with Gasteiger partial charge in [0, 0.05) is 11.6 Å². The molecule has 0 aliphatic carbocycles. The minimum absolute atomic E-state index is 0.856. The van der Waals surface area contributed by atoms with Crippen LogP contribution in [0.25, 0.3) is 0 Å². The van der Waals surface area contributed by atoms with Crippen molar-refractivity contribution in [3.05, 3.63) is 27.8 Å². The zero-order chi connectivity index (χ0) is 12.2. The Balaban J connectivity index is 0.000000423. The second-order valence-electron chi connectivity index (χ2n) is 3.18. The first-order valence-electron chi connectivity index (χ1n) is 4.25. The standard InChI is InChI=1S/C9H12ClN.CH2O3/c1-5-4-8(11)7(3)9(10)6(5)2;2-1(3)4/h4H,11H2,1-3H3;(H2,2,3,4). The fourth-order valence-corrected chi connectivity index (χ4v) is 1.34. The molecule has 1 aromatic rings. The first kappa shape index (κ1) is 13.7. The van der Waals surface area contributed by atoms with Gasteiger partial charge >= 0.3 is 0 Å². The Bertz CT molecular complexity index is 347. The predicted octanol–water partition coefficient (Wildman–Crippen LogP) is 1.03. The van der Waals surface area contributed by atoms with E-state index in [4.69, 9.17) is 26.6 Å². The smallest absolute Gasteiger partial charge is 0.249 e. The average Bonchev–Trinajstić information content (AvgIpc) is 2.11. The van der Waals surface area contributed by atoms with Gasteiger partial charge in [0.25, 0.3) is 0 Å². The summed E-state index contributed by atoms with van der Waals surface area (Å²) in [6, 6.07) is 2.07. The molecule has 1 aromatic carbocycles. The summed E-state index contributed by atoms with van der Waals surface area (Å²) in [4.78, 5) is 8.44. The van der Waals surface area contributed by atoms with Crippen molar-refractivity contribution in [2.24, 2.45) is 0 Å². The minimum atomic E-state index is -2.08. The zero-order valence-electron chi connectivity index (χ0n) is 8.93. The Morgan fingerprint density at radius 3 is 2.20 bits per heavy atom. The van der Waals surface area contributed by atoms with Crippen LogP contribution in [0.3, 0.4) is 0 Å². The van der Waals surface area contributed by atoms with Gasteiger partial charge in [-0.2, -0.15) is 0 Å². The molecule has 0 atom stereocenters. The van der Waals surface area contributed by atoms with Crippen LogP contribution in [0.5, 0.6) is 0 Å². The van der Waals surface area contributed by atoms with Crippen molar-refractivity contribution in [3.8, 4) is 0 Å². The maximum absolute atomic E-state index is 8.44. The van der Waals surface area contributed by atoms with E-state index in [0.717, 1.165) is 21.8 Å². The van der Waals surface area contributed by atoms with E-state index in [0.29, 0.717) is 0 Å². The number of hydrogen-bond donors (Lipinski definition) is 2. The lowest BCUT2D eigenvalue weighted by atomic mass is 10.1. The third kappa shape index (κ3) is 4.18. The summed E-state index contributed by atoms with van der Waals surface area (Å²) in [5.41, 5.74) is 8.39. The summed E-state index contributed by atoms with van der Waals surface area (Å²) in [6.45, 7) is 6.08. The highest BCUT2D eigenvalue weighted by Crippen LogP contribution is 2.26. The number of benzene rings is 1. The molecule has 0 heterocycles. The summed E-state index contributed by atoms with van der Waals surface area (Å²) < 4.78 is 0. The molecule has 0 unspecified atom stereocenters. The van der Waals surface area contributed by atoms with Crippen molar-refractivity contribution >= 4 is 23.4 Å². The van der Waals surface area contributed by atoms with Crippen LogP contribution < -0.4 is 10.8 Å². The third-order valence-electron chi connectivity index (χ3n) is 2.12. The van der Waals surface area contributed by atoms with E-state index >= 15 is 0 Å². The molecule has 0 fully saturated rings. The summed E-state index contributed by atoms with van der Waals surface area (Å²) in [5, 5.41) is 16.2. The summed E-state index contributed by atoms with van der Waals surface area (Å²) in [7, 11) is 0. The molecule has 0 amide bonds. The molecular weight excluding hydrogens is 218 g/mol. The van der Waals surface area contributed by atoms with Gasteiger partial charge in [0.15, 0.2) is 0 Å². The lowest BCUT2D eigenvalue weighted by Gasteiger charge is -2.06. The Morgan fingerprint density at radius 1 is 1.40 bits per heavy atom. The molecular formula is C10H14ClNO3. The van der Waals surface area contributed by atoms with Gasteiger partial charge in [-0.1, -0.05) is 11.6 Å². The van der Waals surface area contributed by atoms with Crippen molar-refractivity contribution < 1.29 is 20.7 Å². The van der Waals surface area contributed by atoms with Crippen molar-refractivity contribution in [1.29, 1.82) is 0 Å². The first-order valence-corrected chi connectivity index (χ1v) is 4.63. The number of aryl methyl sites for hydroxylation is 1. The Hall–Kier alpha value is -1.26. The molecule has 1 rings (SSSR count). The number of hydrogen-bond acceptors (Lipinski definition) is 2. The van der Waals surface area contributed by atoms with Crippen LogP contribution in [-0.2, 0) is 0 Å². The van der Waals surface area contributed by atoms with Gasteiger partial charge in [0.2, 0.25) is 6.16 Å².